The quantitative estimate of drug-likeness (QED) is 0.717. The van der Waals surface area contributed by atoms with Crippen LogP contribution in [0.1, 0.15) is 60.8 Å². The third-order valence-corrected chi connectivity index (χ3v) is 5.93. The highest BCUT2D eigenvalue weighted by Crippen LogP contribution is 2.40. The molecule has 1 heterocycles. The normalized spacial score (nSPS) is 18.3. The minimum atomic E-state index is -1.22. The van der Waals surface area contributed by atoms with Crippen LogP contribution in [0.4, 0.5) is 0 Å². The molecule has 0 fully saturated rings. The highest BCUT2D eigenvalue weighted by molar-refractivity contribution is 7.10. The molecular weight excluding hydrogens is 342 g/mol. The Morgan fingerprint density at radius 3 is 2.56 bits per heavy atom. The molecule has 0 aromatic carbocycles. The van der Waals surface area contributed by atoms with E-state index < -0.39 is 23.9 Å². The van der Waals surface area contributed by atoms with Crippen molar-refractivity contribution in [1.29, 1.82) is 0 Å². The van der Waals surface area contributed by atoms with Gasteiger partial charge in [0.1, 0.15) is 6.04 Å². The topological polar surface area (TPSA) is 104 Å². The van der Waals surface area contributed by atoms with E-state index in [2.05, 4.69) is 26.1 Å². The van der Waals surface area contributed by atoms with Gasteiger partial charge in [-0.3, -0.25) is 9.59 Å². The molecule has 0 radical (unpaired) electrons. The summed E-state index contributed by atoms with van der Waals surface area (Å²) in [6.45, 7) is 6.68. The lowest BCUT2D eigenvalue weighted by Crippen LogP contribution is -2.41. The van der Waals surface area contributed by atoms with Gasteiger partial charge in [0.15, 0.2) is 0 Å². The molecule has 138 valence electrons. The van der Waals surface area contributed by atoms with Gasteiger partial charge in [-0.2, -0.15) is 0 Å². The molecule has 1 aromatic heterocycles. The molecule has 1 aliphatic carbocycles. The van der Waals surface area contributed by atoms with E-state index in [1.165, 1.54) is 4.88 Å². The summed E-state index contributed by atoms with van der Waals surface area (Å²) >= 11 is 1.55. The highest BCUT2D eigenvalue weighted by atomic mass is 32.1. The molecule has 1 aliphatic rings. The number of thiophene rings is 1. The zero-order chi connectivity index (χ0) is 18.8. The van der Waals surface area contributed by atoms with E-state index in [4.69, 9.17) is 5.11 Å². The van der Waals surface area contributed by atoms with Crippen molar-refractivity contribution in [3.05, 3.63) is 21.4 Å². The van der Waals surface area contributed by atoms with E-state index in [1.54, 1.807) is 16.7 Å². The first kappa shape index (κ1) is 19.4. The predicted octanol–water partition coefficient (Wildman–Crippen LogP) is 2.95. The van der Waals surface area contributed by atoms with E-state index >= 15 is 0 Å². The van der Waals surface area contributed by atoms with Crippen LogP contribution in [0.25, 0.3) is 0 Å². The zero-order valence-corrected chi connectivity index (χ0v) is 15.6. The third-order valence-electron chi connectivity index (χ3n) is 4.88. The van der Waals surface area contributed by atoms with Gasteiger partial charge < -0.3 is 15.5 Å². The van der Waals surface area contributed by atoms with Crippen molar-refractivity contribution in [2.75, 3.05) is 0 Å². The summed E-state index contributed by atoms with van der Waals surface area (Å²) in [7, 11) is 0. The SMILES string of the molecule is CC(C)(C)C1CCc2c(C(=O)NC(CCC(=O)O)C(=O)O)csc2C1. The van der Waals surface area contributed by atoms with Crippen molar-refractivity contribution in [1.82, 2.24) is 5.32 Å². The largest absolute Gasteiger partial charge is 0.481 e. The number of carboxylic acid groups (broad SMARTS) is 2. The first-order chi connectivity index (χ1) is 11.6. The number of nitrogens with one attached hydrogen (secondary N) is 1. The monoisotopic (exact) mass is 367 g/mol. The maximum Gasteiger partial charge on any atom is 0.326 e. The standard InChI is InChI=1S/C18H25NO5S/c1-18(2,3)10-4-5-11-12(9-25-14(11)8-10)16(22)19-13(17(23)24)6-7-15(20)21/h9-10,13H,4-8H2,1-3H3,(H,19,22)(H,20,21)(H,23,24). The summed E-state index contributed by atoms with van der Waals surface area (Å²) < 4.78 is 0. The lowest BCUT2D eigenvalue weighted by molar-refractivity contribution is -0.140. The van der Waals surface area contributed by atoms with E-state index in [-0.39, 0.29) is 18.3 Å². The minimum Gasteiger partial charge on any atom is -0.481 e. The maximum atomic E-state index is 12.5. The number of carbonyl (C=O) groups is 3. The van der Waals surface area contributed by atoms with Crippen molar-refractivity contribution in [2.45, 2.75) is 58.9 Å². The first-order valence-corrected chi connectivity index (χ1v) is 9.32. The van der Waals surface area contributed by atoms with Crippen molar-refractivity contribution in [3.8, 4) is 0 Å². The molecule has 2 unspecified atom stereocenters. The van der Waals surface area contributed by atoms with E-state index in [9.17, 15) is 19.5 Å². The third kappa shape index (κ3) is 4.81. The van der Waals surface area contributed by atoms with Gasteiger partial charge >= 0.3 is 11.9 Å². The van der Waals surface area contributed by atoms with Crippen LogP contribution in [0.3, 0.4) is 0 Å². The molecule has 0 saturated heterocycles. The van der Waals surface area contributed by atoms with E-state index in [0.29, 0.717) is 11.5 Å². The van der Waals surface area contributed by atoms with Crippen molar-refractivity contribution >= 4 is 29.2 Å². The van der Waals surface area contributed by atoms with Crippen LogP contribution in [-0.2, 0) is 22.4 Å². The molecule has 0 bridgehead atoms. The van der Waals surface area contributed by atoms with Crippen LogP contribution < -0.4 is 5.32 Å². The number of aliphatic carboxylic acids is 2. The van der Waals surface area contributed by atoms with Crippen LogP contribution in [0, 0.1) is 11.3 Å². The smallest absolute Gasteiger partial charge is 0.326 e. The number of carbonyl (C=O) groups excluding carboxylic acids is 1. The summed E-state index contributed by atoms with van der Waals surface area (Å²) in [4.78, 5) is 35.6. The molecule has 7 heteroatoms. The molecule has 0 saturated carbocycles. The molecule has 1 aromatic rings. The Balaban J connectivity index is 2.10. The number of amides is 1. The Morgan fingerprint density at radius 2 is 2.00 bits per heavy atom. The fraction of sp³-hybridized carbons (Fsp3) is 0.611. The lowest BCUT2D eigenvalue weighted by atomic mass is 9.72. The number of fused-ring (bicyclic) bond motifs is 1. The van der Waals surface area contributed by atoms with E-state index in [1.807, 2.05) is 0 Å². The molecule has 0 spiro atoms. The van der Waals surface area contributed by atoms with Gasteiger partial charge in [0, 0.05) is 16.7 Å². The average Bonchev–Trinajstić information content (AvgIpc) is 2.93. The predicted molar refractivity (Wildman–Crippen MR) is 95.0 cm³/mol. The molecule has 3 N–H and O–H groups in total. The number of hydrogen-bond donors (Lipinski definition) is 3. The van der Waals surface area contributed by atoms with Gasteiger partial charge in [-0.15, -0.1) is 11.3 Å². The molecule has 6 nitrogen and oxygen atoms in total. The highest BCUT2D eigenvalue weighted by Gasteiger charge is 2.32. The molecule has 2 rings (SSSR count). The Bertz CT molecular complexity index is 673. The molecular formula is C18H25NO5S. The zero-order valence-electron chi connectivity index (χ0n) is 14.8. The Hall–Kier alpha value is -1.89. The average molecular weight is 367 g/mol. The van der Waals surface area contributed by atoms with Crippen LogP contribution in [0.5, 0.6) is 0 Å². The summed E-state index contributed by atoms with van der Waals surface area (Å²) in [5.74, 6) is -2.16. The summed E-state index contributed by atoms with van der Waals surface area (Å²) in [6, 6.07) is -1.19. The van der Waals surface area contributed by atoms with Gasteiger partial charge in [0.05, 0.1) is 5.56 Å². The number of hydrogen-bond acceptors (Lipinski definition) is 4. The van der Waals surface area contributed by atoms with Crippen molar-refractivity contribution in [3.63, 3.8) is 0 Å². The van der Waals surface area contributed by atoms with Gasteiger partial charge in [-0.05, 0) is 42.6 Å². The Labute approximate surface area is 151 Å². The van der Waals surface area contributed by atoms with Gasteiger partial charge in [0.25, 0.3) is 5.91 Å². The van der Waals surface area contributed by atoms with E-state index in [0.717, 1.165) is 24.8 Å². The molecule has 1 amide bonds. The maximum absolute atomic E-state index is 12.5. The van der Waals surface area contributed by atoms with Crippen molar-refractivity contribution in [2.24, 2.45) is 11.3 Å². The van der Waals surface area contributed by atoms with Gasteiger partial charge in [-0.1, -0.05) is 20.8 Å². The first-order valence-electron chi connectivity index (χ1n) is 8.44. The number of rotatable bonds is 6. The second kappa shape index (κ2) is 7.56. The minimum absolute atomic E-state index is 0.130. The Morgan fingerprint density at radius 1 is 1.32 bits per heavy atom. The van der Waals surface area contributed by atoms with Crippen LogP contribution in [-0.4, -0.2) is 34.1 Å². The lowest BCUT2D eigenvalue weighted by Gasteiger charge is -2.34. The summed E-state index contributed by atoms with van der Waals surface area (Å²) in [6.07, 6.45) is 2.34. The van der Waals surface area contributed by atoms with Crippen LogP contribution in [0.2, 0.25) is 0 Å². The number of carboxylic acids is 2. The molecule has 2 atom stereocenters. The van der Waals surface area contributed by atoms with Crippen LogP contribution in [0.15, 0.2) is 5.38 Å². The fourth-order valence-electron chi connectivity index (χ4n) is 3.20. The summed E-state index contributed by atoms with van der Waals surface area (Å²) in [5.41, 5.74) is 1.77. The second-order valence-corrected chi connectivity index (χ2v) is 8.62. The fourth-order valence-corrected chi connectivity index (χ4v) is 4.36. The molecule has 25 heavy (non-hydrogen) atoms. The van der Waals surface area contributed by atoms with Gasteiger partial charge in [-0.25, -0.2) is 4.79 Å². The molecule has 0 aliphatic heterocycles. The van der Waals surface area contributed by atoms with Gasteiger partial charge in [0.2, 0.25) is 0 Å². The Kier molecular flexibility index (Phi) is 5.87. The summed E-state index contributed by atoms with van der Waals surface area (Å²) in [5, 5.41) is 22.2. The second-order valence-electron chi connectivity index (χ2n) is 7.65. The van der Waals surface area contributed by atoms with Crippen LogP contribution >= 0.6 is 11.3 Å². The van der Waals surface area contributed by atoms with Crippen molar-refractivity contribution < 1.29 is 24.6 Å².